The van der Waals surface area contributed by atoms with Gasteiger partial charge in [0.2, 0.25) is 11.8 Å². The van der Waals surface area contributed by atoms with E-state index in [9.17, 15) is 9.59 Å². The number of hydrogen-bond acceptors (Lipinski definition) is 4. The second-order valence-electron chi connectivity index (χ2n) is 8.24. The van der Waals surface area contributed by atoms with Gasteiger partial charge in [0, 0.05) is 26.2 Å². The van der Waals surface area contributed by atoms with E-state index in [4.69, 9.17) is 4.74 Å². The number of piperidine rings is 1. The van der Waals surface area contributed by atoms with Gasteiger partial charge in [-0.25, -0.2) is 0 Å². The Hall–Kier alpha value is -1.40. The molecule has 4 atom stereocenters. The molecule has 0 unspecified atom stereocenters. The Kier molecular flexibility index (Phi) is 3.68. The predicted molar refractivity (Wildman–Crippen MR) is 91.8 cm³/mol. The first kappa shape index (κ1) is 15.8. The third-order valence-electron chi connectivity index (χ3n) is 6.77. The summed E-state index contributed by atoms with van der Waals surface area (Å²) in [5.74, 6) is -0.365. The van der Waals surface area contributed by atoms with Crippen LogP contribution in [-0.2, 0) is 14.3 Å². The molecule has 0 aromatic heterocycles. The molecule has 5 rings (SSSR count). The molecule has 2 amide bonds. The summed E-state index contributed by atoms with van der Waals surface area (Å²) in [6.07, 6.45) is 8.80. The minimum absolute atomic E-state index is 0.124. The van der Waals surface area contributed by atoms with Crippen molar-refractivity contribution < 1.29 is 14.3 Å². The smallest absolute Gasteiger partial charge is 0.230 e. The van der Waals surface area contributed by atoms with Crippen LogP contribution in [0.5, 0.6) is 0 Å². The number of amides is 2. The molecule has 5 aliphatic heterocycles. The molecule has 5 heterocycles. The van der Waals surface area contributed by atoms with Gasteiger partial charge in [0.25, 0.3) is 0 Å². The number of rotatable bonds is 4. The Bertz CT molecular complexity index is 611. The van der Waals surface area contributed by atoms with Gasteiger partial charge in [-0.2, -0.15) is 0 Å². The Labute approximate surface area is 148 Å². The fourth-order valence-corrected chi connectivity index (χ4v) is 5.24. The van der Waals surface area contributed by atoms with Gasteiger partial charge in [0.1, 0.15) is 5.60 Å². The van der Waals surface area contributed by atoms with E-state index in [0.717, 1.165) is 45.7 Å². The third-order valence-corrected chi connectivity index (χ3v) is 6.77. The molecule has 6 nitrogen and oxygen atoms in total. The molecule has 136 valence electrons. The fourth-order valence-electron chi connectivity index (χ4n) is 5.24. The zero-order valence-corrected chi connectivity index (χ0v) is 14.7. The van der Waals surface area contributed by atoms with Crippen molar-refractivity contribution in [1.82, 2.24) is 14.7 Å². The van der Waals surface area contributed by atoms with E-state index in [2.05, 4.69) is 11.0 Å². The van der Waals surface area contributed by atoms with Crippen LogP contribution in [0.15, 0.2) is 12.2 Å². The first-order valence-corrected chi connectivity index (χ1v) is 9.85. The topological polar surface area (TPSA) is 53.1 Å². The second-order valence-corrected chi connectivity index (χ2v) is 8.24. The first-order chi connectivity index (χ1) is 12.2. The number of carbonyl (C=O) groups excluding carboxylic acids is 2. The van der Waals surface area contributed by atoms with Crippen LogP contribution in [-0.4, -0.2) is 84.0 Å². The van der Waals surface area contributed by atoms with Crippen LogP contribution >= 0.6 is 0 Å². The quantitative estimate of drug-likeness (QED) is 0.696. The molecule has 0 saturated carbocycles. The molecule has 0 radical (unpaired) electrons. The normalized spacial score (nSPS) is 39.8. The highest BCUT2D eigenvalue weighted by molar-refractivity contribution is 5.93. The Morgan fingerprint density at radius 2 is 1.92 bits per heavy atom. The van der Waals surface area contributed by atoms with E-state index in [1.165, 1.54) is 19.3 Å². The summed E-state index contributed by atoms with van der Waals surface area (Å²) >= 11 is 0. The van der Waals surface area contributed by atoms with Crippen molar-refractivity contribution in [3.8, 4) is 0 Å². The molecule has 0 aromatic carbocycles. The van der Waals surface area contributed by atoms with E-state index in [-0.39, 0.29) is 29.8 Å². The van der Waals surface area contributed by atoms with Crippen LogP contribution < -0.4 is 0 Å². The van der Waals surface area contributed by atoms with Gasteiger partial charge in [-0.15, -0.1) is 0 Å². The van der Waals surface area contributed by atoms with Crippen molar-refractivity contribution in [3.63, 3.8) is 0 Å². The fraction of sp³-hybridized carbons (Fsp3) is 0.789. The molecule has 6 heteroatoms. The van der Waals surface area contributed by atoms with Gasteiger partial charge < -0.3 is 19.4 Å². The molecular formula is C19H27N3O3. The lowest BCUT2D eigenvalue weighted by Crippen LogP contribution is -2.50. The van der Waals surface area contributed by atoms with Crippen molar-refractivity contribution in [1.29, 1.82) is 0 Å². The van der Waals surface area contributed by atoms with E-state index in [0.29, 0.717) is 6.54 Å². The Morgan fingerprint density at radius 3 is 2.64 bits per heavy atom. The summed E-state index contributed by atoms with van der Waals surface area (Å²) in [6.45, 7) is 6.25. The lowest BCUT2D eigenvalue weighted by molar-refractivity contribution is -0.145. The second kappa shape index (κ2) is 5.81. The third kappa shape index (κ3) is 2.37. The number of carbonyl (C=O) groups is 2. The molecule has 2 bridgehead atoms. The average Bonchev–Trinajstić information content (AvgIpc) is 3.21. The monoisotopic (exact) mass is 345 g/mol. The first-order valence-electron chi connectivity index (χ1n) is 9.85. The summed E-state index contributed by atoms with van der Waals surface area (Å²) in [5, 5.41) is 0. The van der Waals surface area contributed by atoms with Gasteiger partial charge >= 0.3 is 0 Å². The summed E-state index contributed by atoms with van der Waals surface area (Å²) in [4.78, 5) is 32.3. The molecule has 1 spiro atoms. The van der Waals surface area contributed by atoms with Crippen LogP contribution in [0.4, 0.5) is 0 Å². The highest BCUT2D eigenvalue weighted by atomic mass is 16.5. The standard InChI is InChI=1S/C19H27N3O3/c23-17(21-9-4-10-21)15-14-5-6-19(25-14)13-22(18(24)16(15)19)12-11-20-7-2-1-3-8-20/h5-6,14-16H,1-4,7-13H2/t14-,15+,16-,19-/m0/s1. The lowest BCUT2D eigenvalue weighted by Gasteiger charge is -2.35. The van der Waals surface area contributed by atoms with E-state index >= 15 is 0 Å². The maximum atomic E-state index is 13.1. The van der Waals surface area contributed by atoms with E-state index in [1.807, 2.05) is 15.9 Å². The molecular weight excluding hydrogens is 318 g/mol. The molecule has 25 heavy (non-hydrogen) atoms. The minimum Gasteiger partial charge on any atom is -0.360 e. The SMILES string of the molecule is O=C([C@@H]1[C@@H]2C=C[C@@]3(CN(CCN4CCCCC4)C(=O)[C@H]13)O2)N1CCC1. The lowest BCUT2D eigenvalue weighted by atomic mass is 9.76. The number of nitrogens with zero attached hydrogens (tertiary/aromatic N) is 3. The number of fused-ring (bicyclic) bond motifs is 1. The maximum absolute atomic E-state index is 13.1. The molecule has 4 saturated heterocycles. The van der Waals surface area contributed by atoms with Gasteiger partial charge in [-0.05, 0) is 32.4 Å². The highest BCUT2D eigenvalue weighted by Gasteiger charge is 2.67. The van der Waals surface area contributed by atoms with Gasteiger partial charge in [0.05, 0.1) is 24.5 Å². The molecule has 0 aliphatic carbocycles. The Morgan fingerprint density at radius 1 is 1.12 bits per heavy atom. The van der Waals surface area contributed by atoms with E-state index in [1.54, 1.807) is 0 Å². The summed E-state index contributed by atoms with van der Waals surface area (Å²) < 4.78 is 6.19. The van der Waals surface area contributed by atoms with Gasteiger partial charge in [-0.1, -0.05) is 18.6 Å². The molecule has 5 aliphatic rings. The highest BCUT2D eigenvalue weighted by Crippen LogP contribution is 2.52. The van der Waals surface area contributed by atoms with Crippen LogP contribution in [0, 0.1) is 11.8 Å². The zero-order chi connectivity index (χ0) is 17.0. The number of ether oxygens (including phenoxy) is 1. The van der Waals surface area contributed by atoms with Crippen molar-refractivity contribution in [3.05, 3.63) is 12.2 Å². The zero-order valence-electron chi connectivity index (χ0n) is 14.7. The molecule has 0 N–H and O–H groups in total. The number of hydrogen-bond donors (Lipinski definition) is 0. The van der Waals surface area contributed by atoms with Crippen molar-refractivity contribution in [2.45, 2.75) is 37.4 Å². The average molecular weight is 345 g/mol. The summed E-state index contributed by atoms with van der Waals surface area (Å²) in [5.41, 5.74) is -0.547. The number of likely N-dealkylation sites (tertiary alicyclic amines) is 3. The minimum atomic E-state index is -0.547. The van der Waals surface area contributed by atoms with Gasteiger partial charge in [-0.3, -0.25) is 9.59 Å². The maximum Gasteiger partial charge on any atom is 0.230 e. The molecule has 0 aromatic rings. The van der Waals surface area contributed by atoms with Crippen molar-refractivity contribution in [2.24, 2.45) is 11.8 Å². The van der Waals surface area contributed by atoms with Gasteiger partial charge in [0.15, 0.2) is 0 Å². The van der Waals surface area contributed by atoms with Crippen LogP contribution in [0.3, 0.4) is 0 Å². The van der Waals surface area contributed by atoms with Crippen molar-refractivity contribution >= 4 is 11.8 Å². The summed E-state index contributed by atoms with van der Waals surface area (Å²) in [7, 11) is 0. The van der Waals surface area contributed by atoms with Crippen molar-refractivity contribution in [2.75, 3.05) is 45.8 Å². The van der Waals surface area contributed by atoms with Crippen LogP contribution in [0.25, 0.3) is 0 Å². The molecule has 4 fully saturated rings. The van der Waals surface area contributed by atoms with Crippen LogP contribution in [0.2, 0.25) is 0 Å². The summed E-state index contributed by atoms with van der Waals surface area (Å²) in [6, 6.07) is 0. The van der Waals surface area contributed by atoms with Crippen LogP contribution in [0.1, 0.15) is 25.7 Å². The Balaban J connectivity index is 1.30. The van der Waals surface area contributed by atoms with E-state index < -0.39 is 5.60 Å². The predicted octanol–water partition coefficient (Wildman–Crippen LogP) is 0.487. The largest absolute Gasteiger partial charge is 0.360 e.